The van der Waals surface area contributed by atoms with Crippen molar-refractivity contribution in [1.82, 2.24) is 0 Å². The minimum Gasteiger partial charge on any atom is -0.493 e. The van der Waals surface area contributed by atoms with E-state index in [-0.39, 0.29) is 0 Å². The second-order valence-electron chi connectivity index (χ2n) is 3.35. The molecule has 0 aliphatic rings. The fourth-order valence-electron chi connectivity index (χ4n) is 1.07. The Hall–Kier alpha value is -1.31. The van der Waals surface area contributed by atoms with Crippen molar-refractivity contribution in [2.24, 2.45) is 0 Å². The molecule has 0 spiro atoms. The van der Waals surface area contributed by atoms with Gasteiger partial charge in [-0.25, -0.2) is 0 Å². The molecule has 0 aliphatic heterocycles. The van der Waals surface area contributed by atoms with Crippen molar-refractivity contribution in [3.8, 4) is 5.75 Å². The highest BCUT2D eigenvalue weighted by Gasteiger charge is 1.97. The third-order valence-corrected chi connectivity index (χ3v) is 1.81. The predicted molar refractivity (Wildman–Crippen MR) is 63.4 cm³/mol. The van der Waals surface area contributed by atoms with Crippen molar-refractivity contribution in [3.05, 3.63) is 29.3 Å². The first-order chi connectivity index (χ1) is 7.15. The SMILES string of the molecule is CC=O.CCCOc1cc(C)ccc1C. The summed E-state index contributed by atoms with van der Waals surface area (Å²) in [5.74, 6) is 1.02. The van der Waals surface area contributed by atoms with E-state index in [1.807, 2.05) is 0 Å². The van der Waals surface area contributed by atoms with Crippen molar-refractivity contribution >= 4 is 6.29 Å². The summed E-state index contributed by atoms with van der Waals surface area (Å²) >= 11 is 0. The highest BCUT2D eigenvalue weighted by molar-refractivity contribution is 5.44. The molecule has 0 aromatic heterocycles. The second kappa shape index (κ2) is 8.04. The van der Waals surface area contributed by atoms with Gasteiger partial charge in [-0.2, -0.15) is 0 Å². The minimum absolute atomic E-state index is 0.750. The van der Waals surface area contributed by atoms with Crippen LogP contribution in [0.3, 0.4) is 0 Å². The van der Waals surface area contributed by atoms with Crippen LogP contribution in [0.15, 0.2) is 18.2 Å². The fourth-order valence-corrected chi connectivity index (χ4v) is 1.07. The molecular weight excluding hydrogens is 188 g/mol. The van der Waals surface area contributed by atoms with E-state index >= 15 is 0 Å². The van der Waals surface area contributed by atoms with E-state index in [4.69, 9.17) is 9.53 Å². The van der Waals surface area contributed by atoms with Gasteiger partial charge < -0.3 is 9.53 Å². The van der Waals surface area contributed by atoms with Crippen LogP contribution >= 0.6 is 0 Å². The summed E-state index contributed by atoms with van der Waals surface area (Å²) in [6.07, 6.45) is 1.81. The van der Waals surface area contributed by atoms with Crippen LogP contribution in [-0.2, 0) is 4.79 Å². The van der Waals surface area contributed by atoms with Crippen LogP contribution in [0, 0.1) is 13.8 Å². The van der Waals surface area contributed by atoms with Crippen molar-refractivity contribution in [3.63, 3.8) is 0 Å². The van der Waals surface area contributed by atoms with Crippen LogP contribution in [0.25, 0.3) is 0 Å². The monoisotopic (exact) mass is 208 g/mol. The average molecular weight is 208 g/mol. The molecule has 1 rings (SSSR count). The molecule has 0 N–H and O–H groups in total. The van der Waals surface area contributed by atoms with Gasteiger partial charge in [0, 0.05) is 0 Å². The first kappa shape index (κ1) is 13.7. The maximum atomic E-state index is 8.81. The lowest BCUT2D eigenvalue weighted by Gasteiger charge is -2.08. The van der Waals surface area contributed by atoms with Gasteiger partial charge in [0.05, 0.1) is 6.61 Å². The summed E-state index contributed by atoms with van der Waals surface area (Å²) in [7, 11) is 0. The van der Waals surface area contributed by atoms with E-state index in [9.17, 15) is 0 Å². The Morgan fingerprint density at radius 3 is 2.47 bits per heavy atom. The van der Waals surface area contributed by atoms with Crippen LogP contribution in [0.2, 0.25) is 0 Å². The summed E-state index contributed by atoms with van der Waals surface area (Å²) in [5, 5.41) is 0. The molecule has 1 aromatic carbocycles. The molecule has 0 fully saturated rings. The van der Waals surface area contributed by atoms with Crippen molar-refractivity contribution in [1.29, 1.82) is 0 Å². The average Bonchev–Trinajstić information content (AvgIpc) is 2.21. The lowest BCUT2D eigenvalue weighted by Crippen LogP contribution is -1.96. The molecule has 0 radical (unpaired) electrons. The Balaban J connectivity index is 0.000000583. The van der Waals surface area contributed by atoms with Crippen LogP contribution in [-0.4, -0.2) is 12.9 Å². The van der Waals surface area contributed by atoms with Crippen LogP contribution in [0.5, 0.6) is 5.75 Å². The number of aldehydes is 1. The first-order valence-electron chi connectivity index (χ1n) is 5.25. The van der Waals surface area contributed by atoms with Gasteiger partial charge in [-0.1, -0.05) is 19.1 Å². The third-order valence-electron chi connectivity index (χ3n) is 1.81. The summed E-state index contributed by atoms with van der Waals surface area (Å²) in [6.45, 7) is 8.53. The van der Waals surface area contributed by atoms with E-state index in [2.05, 4.69) is 39.0 Å². The Morgan fingerprint density at radius 2 is 1.93 bits per heavy atom. The number of carbonyl (C=O) groups excluding carboxylic acids is 1. The van der Waals surface area contributed by atoms with Crippen molar-refractivity contribution in [2.75, 3.05) is 6.61 Å². The number of aryl methyl sites for hydroxylation is 2. The molecule has 0 unspecified atom stereocenters. The van der Waals surface area contributed by atoms with E-state index in [0.717, 1.165) is 25.1 Å². The minimum atomic E-state index is 0.750. The topological polar surface area (TPSA) is 26.3 Å². The smallest absolute Gasteiger partial charge is 0.122 e. The third kappa shape index (κ3) is 5.89. The summed E-state index contributed by atoms with van der Waals surface area (Å²) in [4.78, 5) is 8.81. The second-order valence-corrected chi connectivity index (χ2v) is 3.35. The van der Waals surface area contributed by atoms with E-state index < -0.39 is 0 Å². The summed E-state index contributed by atoms with van der Waals surface area (Å²) in [6, 6.07) is 6.29. The summed E-state index contributed by atoms with van der Waals surface area (Å²) < 4.78 is 5.57. The highest BCUT2D eigenvalue weighted by Crippen LogP contribution is 2.18. The van der Waals surface area contributed by atoms with Crippen molar-refractivity contribution < 1.29 is 9.53 Å². The maximum Gasteiger partial charge on any atom is 0.122 e. The Labute approximate surface area is 92.3 Å². The zero-order valence-corrected chi connectivity index (χ0v) is 10.0. The predicted octanol–water partition coefficient (Wildman–Crippen LogP) is 3.30. The largest absolute Gasteiger partial charge is 0.493 e. The first-order valence-corrected chi connectivity index (χ1v) is 5.25. The number of hydrogen-bond donors (Lipinski definition) is 0. The highest BCUT2D eigenvalue weighted by atomic mass is 16.5. The molecule has 1 aromatic rings. The van der Waals surface area contributed by atoms with Gasteiger partial charge in [0.15, 0.2) is 0 Å². The number of hydrogen-bond acceptors (Lipinski definition) is 2. The molecule has 0 aliphatic carbocycles. The summed E-state index contributed by atoms with van der Waals surface area (Å²) in [5.41, 5.74) is 2.47. The Morgan fingerprint density at radius 1 is 1.33 bits per heavy atom. The van der Waals surface area contributed by atoms with Crippen LogP contribution in [0.1, 0.15) is 31.4 Å². The Kier molecular flexibility index (Phi) is 7.33. The van der Waals surface area contributed by atoms with Gasteiger partial charge >= 0.3 is 0 Å². The molecule has 0 heterocycles. The number of carbonyl (C=O) groups is 1. The molecule has 0 saturated carbocycles. The molecule has 0 bridgehead atoms. The van der Waals surface area contributed by atoms with Gasteiger partial charge in [-0.05, 0) is 44.4 Å². The molecule has 0 saturated heterocycles. The molecule has 2 heteroatoms. The van der Waals surface area contributed by atoms with Gasteiger partial charge in [0.1, 0.15) is 12.0 Å². The molecule has 2 nitrogen and oxygen atoms in total. The van der Waals surface area contributed by atoms with Gasteiger partial charge in [-0.3, -0.25) is 0 Å². The number of ether oxygens (including phenoxy) is 1. The molecule has 0 amide bonds. The molecule has 0 atom stereocenters. The quantitative estimate of drug-likeness (QED) is 0.712. The molecule has 84 valence electrons. The number of rotatable bonds is 3. The zero-order valence-electron chi connectivity index (χ0n) is 10.0. The van der Waals surface area contributed by atoms with Crippen molar-refractivity contribution in [2.45, 2.75) is 34.1 Å². The number of benzene rings is 1. The zero-order chi connectivity index (χ0) is 11.7. The lowest BCUT2D eigenvalue weighted by molar-refractivity contribution is -0.106. The fraction of sp³-hybridized carbons (Fsp3) is 0.462. The van der Waals surface area contributed by atoms with Crippen LogP contribution in [0.4, 0.5) is 0 Å². The maximum absolute atomic E-state index is 8.81. The van der Waals surface area contributed by atoms with Gasteiger partial charge in [-0.15, -0.1) is 0 Å². The van der Waals surface area contributed by atoms with E-state index in [1.165, 1.54) is 18.1 Å². The molecular formula is C13H20O2. The Bertz CT molecular complexity index is 293. The van der Waals surface area contributed by atoms with Crippen LogP contribution < -0.4 is 4.74 Å². The standard InChI is InChI=1S/C11H16O.C2H4O/c1-4-7-12-11-8-9(2)5-6-10(11)3;1-2-3/h5-6,8H,4,7H2,1-3H3;2H,1H3. The normalized spacial score (nSPS) is 8.80. The van der Waals surface area contributed by atoms with Gasteiger partial charge in [0.25, 0.3) is 0 Å². The molecule has 15 heavy (non-hydrogen) atoms. The van der Waals surface area contributed by atoms with Gasteiger partial charge in [0.2, 0.25) is 0 Å². The van der Waals surface area contributed by atoms with E-state index in [0.29, 0.717) is 0 Å². The lowest BCUT2D eigenvalue weighted by atomic mass is 10.1. The van der Waals surface area contributed by atoms with E-state index in [1.54, 1.807) is 0 Å².